The molecule has 0 spiro atoms. The van der Waals surface area contributed by atoms with E-state index in [-0.39, 0.29) is 5.56 Å². The van der Waals surface area contributed by atoms with E-state index in [1.165, 1.54) is 6.92 Å². The van der Waals surface area contributed by atoms with E-state index >= 15 is 0 Å². The number of nitro benzene ring substituents is 1. The number of benzene rings is 1. The van der Waals surface area contributed by atoms with E-state index in [1.54, 1.807) is 0 Å². The molecule has 0 bridgehead atoms. The molecule has 0 amide bonds. The van der Waals surface area contributed by atoms with E-state index in [0.717, 1.165) is 12.1 Å². The van der Waals surface area contributed by atoms with Gasteiger partial charge in [0, 0.05) is 16.2 Å². The number of halogens is 2. The molecule has 0 N–H and O–H groups in total. The molecule has 0 fully saturated rings. The first kappa shape index (κ1) is 11.9. The van der Waals surface area contributed by atoms with Crippen LogP contribution >= 0.6 is 10.7 Å². The van der Waals surface area contributed by atoms with Crippen LogP contribution in [0.5, 0.6) is 0 Å². The normalized spacial score (nSPS) is 11.4. The molecular formula is C7H5ClFNO4S. The average Bonchev–Trinajstić information content (AvgIpc) is 2.05. The molecule has 5 nitrogen and oxygen atoms in total. The van der Waals surface area contributed by atoms with Gasteiger partial charge in [-0.15, -0.1) is 0 Å². The highest BCUT2D eigenvalue weighted by Gasteiger charge is 2.30. The molecule has 0 heterocycles. The van der Waals surface area contributed by atoms with E-state index < -0.39 is 30.4 Å². The van der Waals surface area contributed by atoms with E-state index in [1.807, 2.05) is 0 Å². The second-order valence-electron chi connectivity index (χ2n) is 2.74. The quantitative estimate of drug-likeness (QED) is 0.459. The Hall–Kier alpha value is -1.21. The predicted molar refractivity (Wildman–Crippen MR) is 50.8 cm³/mol. The van der Waals surface area contributed by atoms with Gasteiger partial charge in [-0.05, 0) is 19.1 Å². The number of aryl methyl sites for hydroxylation is 1. The Morgan fingerprint density at radius 1 is 1.47 bits per heavy atom. The molecule has 0 unspecified atom stereocenters. The largest absolute Gasteiger partial charge is 0.295 e. The third-order valence-electron chi connectivity index (χ3n) is 1.71. The van der Waals surface area contributed by atoms with Crippen LogP contribution in [0, 0.1) is 22.9 Å². The summed E-state index contributed by atoms with van der Waals surface area (Å²) in [7, 11) is 0.437. The van der Waals surface area contributed by atoms with Crippen molar-refractivity contribution in [1.82, 2.24) is 0 Å². The van der Waals surface area contributed by atoms with Crippen LogP contribution in [0.25, 0.3) is 0 Å². The second kappa shape index (κ2) is 3.74. The first-order chi connectivity index (χ1) is 6.75. The minimum atomic E-state index is -4.48. The lowest BCUT2D eigenvalue weighted by Gasteiger charge is -2.02. The van der Waals surface area contributed by atoms with Crippen molar-refractivity contribution in [3.8, 4) is 0 Å². The number of hydrogen-bond acceptors (Lipinski definition) is 4. The summed E-state index contributed by atoms with van der Waals surface area (Å²) in [5.41, 5.74) is -0.800. The van der Waals surface area contributed by atoms with Gasteiger partial charge in [-0.1, -0.05) is 0 Å². The van der Waals surface area contributed by atoms with Crippen molar-refractivity contribution < 1.29 is 17.7 Å². The molecule has 15 heavy (non-hydrogen) atoms. The summed E-state index contributed by atoms with van der Waals surface area (Å²) in [6, 6.07) is 1.93. The molecule has 0 radical (unpaired) electrons. The van der Waals surface area contributed by atoms with Crippen molar-refractivity contribution in [2.45, 2.75) is 11.8 Å². The molecule has 0 saturated heterocycles. The van der Waals surface area contributed by atoms with Crippen LogP contribution in [-0.4, -0.2) is 13.3 Å². The Morgan fingerprint density at radius 3 is 2.33 bits per heavy atom. The summed E-state index contributed by atoms with van der Waals surface area (Å²) >= 11 is 0. The zero-order chi connectivity index (χ0) is 11.8. The molecule has 1 aromatic rings. The third kappa shape index (κ3) is 2.24. The topological polar surface area (TPSA) is 77.3 Å². The smallest absolute Gasteiger partial charge is 0.258 e. The predicted octanol–water partition coefficient (Wildman–Crippen LogP) is 1.97. The minimum absolute atomic E-state index is 0.0284. The average molecular weight is 254 g/mol. The summed E-state index contributed by atoms with van der Waals surface area (Å²) in [6.45, 7) is 1.29. The molecule has 0 aliphatic heterocycles. The summed E-state index contributed by atoms with van der Waals surface area (Å²) in [5.74, 6) is -1.23. The van der Waals surface area contributed by atoms with Crippen LogP contribution in [0.3, 0.4) is 0 Å². The monoisotopic (exact) mass is 253 g/mol. The maximum Gasteiger partial charge on any atom is 0.295 e. The van der Waals surface area contributed by atoms with Crippen LogP contribution < -0.4 is 0 Å². The fourth-order valence-corrected chi connectivity index (χ4v) is 2.31. The van der Waals surface area contributed by atoms with E-state index in [0.29, 0.717) is 0 Å². The van der Waals surface area contributed by atoms with Crippen molar-refractivity contribution in [2.24, 2.45) is 0 Å². The van der Waals surface area contributed by atoms with Gasteiger partial charge in [-0.2, -0.15) is 0 Å². The van der Waals surface area contributed by atoms with Crippen molar-refractivity contribution >= 4 is 25.4 Å². The molecule has 1 aromatic carbocycles. The molecule has 8 heteroatoms. The van der Waals surface area contributed by atoms with Gasteiger partial charge in [0.1, 0.15) is 5.82 Å². The fourth-order valence-electron chi connectivity index (χ4n) is 1.10. The van der Waals surface area contributed by atoms with Crippen LogP contribution in [0.4, 0.5) is 10.1 Å². The summed E-state index contributed by atoms with van der Waals surface area (Å²) < 4.78 is 35.0. The second-order valence-corrected chi connectivity index (χ2v) is 5.24. The van der Waals surface area contributed by atoms with Crippen LogP contribution in [0.2, 0.25) is 0 Å². The van der Waals surface area contributed by atoms with Gasteiger partial charge in [0.05, 0.1) is 4.92 Å². The maximum absolute atomic E-state index is 13.1. The number of hydrogen-bond donors (Lipinski definition) is 0. The molecule has 0 aromatic heterocycles. The zero-order valence-electron chi connectivity index (χ0n) is 7.40. The van der Waals surface area contributed by atoms with Crippen LogP contribution in [0.1, 0.15) is 5.56 Å². The van der Waals surface area contributed by atoms with Crippen LogP contribution in [-0.2, 0) is 9.05 Å². The first-order valence-corrected chi connectivity index (χ1v) is 5.94. The Morgan fingerprint density at radius 2 is 2.00 bits per heavy atom. The molecular weight excluding hydrogens is 249 g/mol. The van der Waals surface area contributed by atoms with Gasteiger partial charge < -0.3 is 0 Å². The molecule has 0 aliphatic rings. The molecule has 82 valence electrons. The highest BCUT2D eigenvalue weighted by Crippen LogP contribution is 2.32. The van der Waals surface area contributed by atoms with E-state index in [4.69, 9.17) is 10.7 Å². The summed E-state index contributed by atoms with van der Waals surface area (Å²) in [5, 5.41) is 10.6. The number of nitro groups is 1. The van der Waals surface area contributed by atoms with E-state index in [2.05, 4.69) is 0 Å². The maximum atomic E-state index is 13.1. The fraction of sp³-hybridized carbons (Fsp3) is 0.143. The van der Waals surface area contributed by atoms with Gasteiger partial charge >= 0.3 is 0 Å². The Kier molecular flexibility index (Phi) is 2.96. The SMILES string of the molecule is Cc1ccc(F)c(S(=O)(=O)Cl)c1[N+](=O)[O-]. The minimum Gasteiger partial charge on any atom is -0.258 e. The molecule has 0 atom stereocenters. The number of rotatable bonds is 2. The van der Waals surface area contributed by atoms with Crippen molar-refractivity contribution in [3.05, 3.63) is 33.6 Å². The number of nitrogens with zero attached hydrogens (tertiary/aromatic N) is 1. The molecule has 0 aliphatic carbocycles. The molecule has 1 rings (SSSR count). The Balaban J connectivity index is 3.76. The van der Waals surface area contributed by atoms with Gasteiger partial charge in [-0.3, -0.25) is 10.1 Å². The lowest BCUT2D eigenvalue weighted by atomic mass is 10.2. The lowest BCUT2D eigenvalue weighted by molar-refractivity contribution is -0.388. The zero-order valence-corrected chi connectivity index (χ0v) is 8.97. The van der Waals surface area contributed by atoms with Gasteiger partial charge in [0.25, 0.3) is 14.7 Å². The Bertz CT molecular complexity index is 528. The lowest BCUT2D eigenvalue weighted by Crippen LogP contribution is -2.04. The highest BCUT2D eigenvalue weighted by molar-refractivity contribution is 8.13. The first-order valence-electron chi connectivity index (χ1n) is 3.63. The van der Waals surface area contributed by atoms with Crippen molar-refractivity contribution in [1.29, 1.82) is 0 Å². The van der Waals surface area contributed by atoms with Crippen molar-refractivity contribution in [3.63, 3.8) is 0 Å². The summed E-state index contributed by atoms with van der Waals surface area (Å²) in [6.07, 6.45) is 0. The van der Waals surface area contributed by atoms with Gasteiger partial charge in [0.15, 0.2) is 4.90 Å². The molecule has 0 saturated carbocycles. The van der Waals surface area contributed by atoms with Crippen molar-refractivity contribution in [2.75, 3.05) is 0 Å². The van der Waals surface area contributed by atoms with E-state index in [9.17, 15) is 22.9 Å². The third-order valence-corrected chi connectivity index (χ3v) is 3.05. The summed E-state index contributed by atoms with van der Waals surface area (Å²) in [4.78, 5) is 8.49. The van der Waals surface area contributed by atoms with Gasteiger partial charge in [0.2, 0.25) is 0 Å². The van der Waals surface area contributed by atoms with Gasteiger partial charge in [-0.25, -0.2) is 12.8 Å². The Labute approximate surface area is 89.0 Å². The highest BCUT2D eigenvalue weighted by atomic mass is 35.7. The standard InChI is InChI=1S/C7H5ClFNO4S/c1-4-2-3-5(9)7(15(8,13)14)6(4)10(11)12/h2-3H,1H3. The van der Waals surface area contributed by atoms with Crippen LogP contribution in [0.15, 0.2) is 17.0 Å².